The number of carbonyl (C=O) groups excluding carboxylic acids is 2. The molecular weight excluding hydrogens is 287 g/mol. The van der Waals surface area contributed by atoms with E-state index in [1.807, 2.05) is 11.5 Å². The van der Waals surface area contributed by atoms with Crippen LogP contribution in [0.5, 0.6) is 0 Å². The Morgan fingerprint density at radius 1 is 1.23 bits per heavy atom. The number of aryl methyl sites for hydroxylation is 1. The van der Waals surface area contributed by atoms with Gasteiger partial charge in [0.25, 0.3) is 5.91 Å². The number of benzene rings is 1. The van der Waals surface area contributed by atoms with Crippen molar-refractivity contribution in [1.29, 1.82) is 0 Å². The van der Waals surface area contributed by atoms with Crippen LogP contribution in [0.3, 0.4) is 0 Å². The maximum absolute atomic E-state index is 13.0. The SMILES string of the molecule is COC(=O)CNC(=O)c1cc(C)n(-c2ccc(F)cc2)c1C. The van der Waals surface area contributed by atoms with Crippen molar-refractivity contribution >= 4 is 11.9 Å². The highest BCUT2D eigenvalue weighted by Crippen LogP contribution is 2.21. The number of hydrogen-bond acceptors (Lipinski definition) is 3. The van der Waals surface area contributed by atoms with Gasteiger partial charge in [0.05, 0.1) is 12.7 Å². The lowest BCUT2D eigenvalue weighted by atomic mass is 10.2. The fraction of sp³-hybridized carbons (Fsp3) is 0.250. The summed E-state index contributed by atoms with van der Waals surface area (Å²) in [7, 11) is 1.26. The summed E-state index contributed by atoms with van der Waals surface area (Å²) in [5.74, 6) is -1.19. The molecule has 0 aliphatic carbocycles. The number of methoxy groups -OCH3 is 1. The molecule has 1 amide bonds. The van der Waals surface area contributed by atoms with Crippen molar-refractivity contribution in [3.8, 4) is 5.69 Å². The minimum absolute atomic E-state index is 0.185. The Labute approximate surface area is 127 Å². The number of carbonyl (C=O) groups is 2. The molecule has 0 fully saturated rings. The molecule has 2 rings (SSSR count). The quantitative estimate of drug-likeness (QED) is 0.880. The van der Waals surface area contributed by atoms with Crippen molar-refractivity contribution in [1.82, 2.24) is 9.88 Å². The van der Waals surface area contributed by atoms with E-state index in [2.05, 4.69) is 10.1 Å². The summed E-state index contributed by atoms with van der Waals surface area (Å²) in [6, 6.07) is 7.75. The standard InChI is InChI=1S/C16H17FN2O3/c1-10-8-14(16(21)18-9-15(20)22-3)11(2)19(10)13-6-4-12(17)5-7-13/h4-8H,9H2,1-3H3,(H,18,21). The number of esters is 1. The van der Waals surface area contributed by atoms with Crippen molar-refractivity contribution in [2.75, 3.05) is 13.7 Å². The number of halogens is 1. The zero-order chi connectivity index (χ0) is 16.3. The van der Waals surface area contributed by atoms with Gasteiger partial charge in [0, 0.05) is 17.1 Å². The molecule has 1 heterocycles. The zero-order valence-corrected chi connectivity index (χ0v) is 12.6. The normalized spacial score (nSPS) is 10.4. The topological polar surface area (TPSA) is 60.3 Å². The molecule has 6 heteroatoms. The van der Waals surface area contributed by atoms with Gasteiger partial charge in [0.2, 0.25) is 0 Å². The molecule has 0 atom stereocenters. The second kappa shape index (κ2) is 6.43. The summed E-state index contributed by atoms with van der Waals surface area (Å²) in [6.45, 7) is 3.46. The van der Waals surface area contributed by atoms with Gasteiger partial charge >= 0.3 is 5.97 Å². The molecule has 0 radical (unpaired) electrons. The predicted octanol–water partition coefficient (Wildman–Crippen LogP) is 2.14. The third-order valence-corrected chi connectivity index (χ3v) is 3.38. The van der Waals surface area contributed by atoms with Crippen LogP contribution in [-0.2, 0) is 9.53 Å². The van der Waals surface area contributed by atoms with Crippen molar-refractivity contribution in [2.24, 2.45) is 0 Å². The molecule has 0 aliphatic heterocycles. The van der Waals surface area contributed by atoms with Crippen molar-refractivity contribution in [3.05, 3.63) is 53.1 Å². The Balaban J connectivity index is 2.29. The van der Waals surface area contributed by atoms with E-state index >= 15 is 0 Å². The number of ether oxygens (including phenoxy) is 1. The molecule has 0 bridgehead atoms. The molecule has 0 saturated carbocycles. The first kappa shape index (κ1) is 15.8. The van der Waals surface area contributed by atoms with E-state index in [4.69, 9.17) is 0 Å². The third kappa shape index (κ3) is 3.16. The van der Waals surface area contributed by atoms with E-state index < -0.39 is 5.97 Å². The number of rotatable bonds is 4. The molecule has 1 aromatic heterocycles. The van der Waals surface area contributed by atoms with Crippen molar-refractivity contribution in [3.63, 3.8) is 0 Å². The van der Waals surface area contributed by atoms with Crippen LogP contribution >= 0.6 is 0 Å². The van der Waals surface area contributed by atoms with Gasteiger partial charge in [-0.3, -0.25) is 9.59 Å². The zero-order valence-electron chi connectivity index (χ0n) is 12.6. The van der Waals surface area contributed by atoms with Crippen LogP contribution in [0.15, 0.2) is 30.3 Å². The van der Waals surface area contributed by atoms with E-state index in [9.17, 15) is 14.0 Å². The predicted molar refractivity (Wildman–Crippen MR) is 79.6 cm³/mol. The monoisotopic (exact) mass is 304 g/mol. The van der Waals surface area contributed by atoms with Gasteiger partial charge in [-0.25, -0.2) is 4.39 Å². The fourth-order valence-electron chi connectivity index (χ4n) is 2.30. The summed E-state index contributed by atoms with van der Waals surface area (Å²) in [5, 5.41) is 2.50. The van der Waals surface area contributed by atoms with Crippen LogP contribution in [0.2, 0.25) is 0 Å². The molecule has 0 saturated heterocycles. The average molecular weight is 304 g/mol. The lowest BCUT2D eigenvalue weighted by Crippen LogP contribution is -2.30. The number of aromatic nitrogens is 1. The van der Waals surface area contributed by atoms with Crippen LogP contribution in [0.25, 0.3) is 5.69 Å². The molecule has 2 aromatic rings. The first-order chi connectivity index (χ1) is 10.4. The number of amides is 1. The lowest BCUT2D eigenvalue weighted by Gasteiger charge is -2.10. The van der Waals surface area contributed by atoms with Gasteiger partial charge in [-0.1, -0.05) is 0 Å². The third-order valence-electron chi connectivity index (χ3n) is 3.38. The Morgan fingerprint density at radius 2 is 1.86 bits per heavy atom. The van der Waals surface area contributed by atoms with E-state index in [0.29, 0.717) is 11.3 Å². The van der Waals surface area contributed by atoms with Crippen LogP contribution in [0.4, 0.5) is 4.39 Å². The number of nitrogens with one attached hydrogen (secondary N) is 1. The molecule has 1 aromatic carbocycles. The highest BCUT2D eigenvalue weighted by atomic mass is 19.1. The summed E-state index contributed by atoms with van der Waals surface area (Å²) in [4.78, 5) is 23.2. The summed E-state index contributed by atoms with van der Waals surface area (Å²) < 4.78 is 19.4. The molecular formula is C16H17FN2O3. The second-order valence-corrected chi connectivity index (χ2v) is 4.86. The molecule has 0 spiro atoms. The average Bonchev–Trinajstić information content (AvgIpc) is 2.80. The summed E-state index contributed by atoms with van der Waals surface area (Å²) in [5.41, 5.74) is 2.79. The molecule has 22 heavy (non-hydrogen) atoms. The molecule has 116 valence electrons. The van der Waals surface area contributed by atoms with Gasteiger partial charge in [0.1, 0.15) is 12.4 Å². The van der Waals surface area contributed by atoms with Gasteiger partial charge < -0.3 is 14.6 Å². The molecule has 5 nitrogen and oxygen atoms in total. The van der Waals surface area contributed by atoms with Crippen LogP contribution in [-0.4, -0.2) is 30.1 Å². The van der Waals surface area contributed by atoms with Gasteiger partial charge in [-0.2, -0.15) is 0 Å². The molecule has 0 unspecified atom stereocenters. The highest BCUT2D eigenvalue weighted by Gasteiger charge is 2.17. The van der Waals surface area contributed by atoms with Gasteiger partial charge in [0.15, 0.2) is 0 Å². The van der Waals surface area contributed by atoms with Gasteiger partial charge in [-0.15, -0.1) is 0 Å². The molecule has 1 N–H and O–H groups in total. The second-order valence-electron chi connectivity index (χ2n) is 4.86. The van der Waals surface area contributed by atoms with Crippen LogP contribution in [0, 0.1) is 19.7 Å². The number of nitrogens with zero attached hydrogens (tertiary/aromatic N) is 1. The smallest absolute Gasteiger partial charge is 0.325 e. The maximum atomic E-state index is 13.0. The van der Waals surface area contributed by atoms with Gasteiger partial charge in [-0.05, 0) is 44.2 Å². The summed E-state index contributed by atoms with van der Waals surface area (Å²) in [6.07, 6.45) is 0. The first-order valence-corrected chi connectivity index (χ1v) is 6.74. The Hall–Kier alpha value is -2.63. The molecule has 0 aliphatic rings. The first-order valence-electron chi connectivity index (χ1n) is 6.74. The minimum atomic E-state index is -0.513. The van der Waals surface area contributed by atoms with E-state index in [1.165, 1.54) is 19.2 Å². The summed E-state index contributed by atoms with van der Waals surface area (Å²) >= 11 is 0. The Morgan fingerprint density at radius 3 is 2.45 bits per heavy atom. The Bertz CT molecular complexity index is 705. The van der Waals surface area contributed by atoms with Crippen LogP contribution in [0.1, 0.15) is 21.7 Å². The fourth-order valence-corrected chi connectivity index (χ4v) is 2.30. The van der Waals surface area contributed by atoms with Crippen molar-refractivity contribution < 1.29 is 18.7 Å². The Kier molecular flexibility index (Phi) is 4.60. The minimum Gasteiger partial charge on any atom is -0.468 e. The van der Waals surface area contributed by atoms with Crippen molar-refractivity contribution in [2.45, 2.75) is 13.8 Å². The number of hydrogen-bond donors (Lipinski definition) is 1. The highest BCUT2D eigenvalue weighted by molar-refractivity contribution is 5.97. The lowest BCUT2D eigenvalue weighted by molar-refractivity contribution is -0.139. The van der Waals surface area contributed by atoms with E-state index in [-0.39, 0.29) is 18.3 Å². The van der Waals surface area contributed by atoms with E-state index in [1.54, 1.807) is 25.1 Å². The van der Waals surface area contributed by atoms with E-state index in [0.717, 1.165) is 11.4 Å². The maximum Gasteiger partial charge on any atom is 0.325 e. The van der Waals surface area contributed by atoms with Crippen LogP contribution < -0.4 is 5.32 Å². The largest absolute Gasteiger partial charge is 0.468 e.